The van der Waals surface area contributed by atoms with Gasteiger partial charge in [0.25, 0.3) is 0 Å². The summed E-state index contributed by atoms with van der Waals surface area (Å²) in [5.41, 5.74) is 1.83. The third kappa shape index (κ3) is 6.78. The van der Waals surface area contributed by atoms with Crippen molar-refractivity contribution >= 4 is 17.7 Å². The molecule has 0 unspecified atom stereocenters. The lowest BCUT2D eigenvalue weighted by Gasteiger charge is -2.20. The molecular weight excluding hydrogens is 396 g/mol. The van der Waals surface area contributed by atoms with Crippen molar-refractivity contribution in [3.63, 3.8) is 0 Å². The molecule has 0 saturated heterocycles. The second kappa shape index (κ2) is 11.2. The first kappa shape index (κ1) is 23.2. The van der Waals surface area contributed by atoms with Crippen molar-refractivity contribution in [2.75, 3.05) is 31.2 Å². The maximum Gasteiger partial charge on any atom is 0.411 e. The molecule has 9 heteroatoms. The third-order valence-electron chi connectivity index (χ3n) is 4.40. The first-order chi connectivity index (χ1) is 14.3. The van der Waals surface area contributed by atoms with Gasteiger partial charge < -0.3 is 15.6 Å². The molecule has 2 aromatic carbocycles. The SMILES string of the molecule is CC(=O)NCCCN(C(=O)O)c1ccc(-c2ccc(CN(O)CCF)cc2)c(F)c1. The summed E-state index contributed by atoms with van der Waals surface area (Å²) in [7, 11) is 0. The summed E-state index contributed by atoms with van der Waals surface area (Å²) in [4.78, 5) is 23.5. The van der Waals surface area contributed by atoms with E-state index in [0.29, 0.717) is 24.1 Å². The molecule has 2 aromatic rings. The van der Waals surface area contributed by atoms with Gasteiger partial charge in [-0.3, -0.25) is 9.69 Å². The van der Waals surface area contributed by atoms with E-state index in [4.69, 9.17) is 0 Å². The zero-order chi connectivity index (χ0) is 22.1. The van der Waals surface area contributed by atoms with Crippen LogP contribution in [0.3, 0.4) is 0 Å². The standard InChI is InChI=1S/C21H25F2N3O4/c1-15(27)24-10-2-11-26(21(28)29)18-7-8-19(20(23)13-18)17-5-3-16(4-6-17)14-25(30)12-9-22/h3-8,13,30H,2,9-12,14H2,1H3,(H,24,27)(H,28,29). The number of hydrogen-bond donors (Lipinski definition) is 3. The van der Waals surface area contributed by atoms with Crippen molar-refractivity contribution in [2.24, 2.45) is 0 Å². The van der Waals surface area contributed by atoms with Crippen LogP contribution >= 0.6 is 0 Å². The lowest BCUT2D eigenvalue weighted by atomic mass is 10.0. The average molecular weight is 421 g/mol. The van der Waals surface area contributed by atoms with Crippen molar-refractivity contribution in [2.45, 2.75) is 19.9 Å². The molecule has 0 aromatic heterocycles. The first-order valence-corrected chi connectivity index (χ1v) is 9.45. The number of anilines is 1. The zero-order valence-electron chi connectivity index (χ0n) is 16.6. The maximum absolute atomic E-state index is 14.7. The Bertz CT molecular complexity index is 862. The molecule has 0 aliphatic carbocycles. The van der Waals surface area contributed by atoms with Crippen molar-refractivity contribution in [3.05, 3.63) is 53.8 Å². The third-order valence-corrected chi connectivity index (χ3v) is 4.40. The number of amides is 2. The Balaban J connectivity index is 2.11. The molecule has 0 saturated carbocycles. The molecule has 0 aliphatic heterocycles. The summed E-state index contributed by atoms with van der Waals surface area (Å²) in [6.07, 6.45) is -0.822. The number of nitrogens with zero attached hydrogens (tertiary/aromatic N) is 2. The van der Waals surface area contributed by atoms with Gasteiger partial charge >= 0.3 is 6.09 Å². The Labute approximate surface area is 173 Å². The highest BCUT2D eigenvalue weighted by molar-refractivity contribution is 5.86. The van der Waals surface area contributed by atoms with Gasteiger partial charge in [0.15, 0.2) is 0 Å². The summed E-state index contributed by atoms with van der Waals surface area (Å²) in [6, 6.07) is 11.0. The predicted octanol–water partition coefficient (Wildman–Crippen LogP) is 3.66. The molecule has 0 aliphatic rings. The fraction of sp³-hybridized carbons (Fsp3) is 0.333. The summed E-state index contributed by atoms with van der Waals surface area (Å²) >= 11 is 0. The van der Waals surface area contributed by atoms with E-state index in [1.807, 2.05) is 0 Å². The average Bonchev–Trinajstić information content (AvgIpc) is 2.68. The van der Waals surface area contributed by atoms with E-state index >= 15 is 0 Å². The van der Waals surface area contributed by atoms with Crippen molar-refractivity contribution in [3.8, 4) is 11.1 Å². The molecule has 0 spiro atoms. The van der Waals surface area contributed by atoms with Crippen LogP contribution in [-0.2, 0) is 11.3 Å². The van der Waals surface area contributed by atoms with E-state index in [1.54, 1.807) is 24.3 Å². The van der Waals surface area contributed by atoms with Crippen LogP contribution in [0.4, 0.5) is 19.3 Å². The Morgan fingerprint density at radius 2 is 1.80 bits per heavy atom. The normalized spacial score (nSPS) is 10.8. The molecule has 2 amide bonds. The first-order valence-electron chi connectivity index (χ1n) is 9.45. The van der Waals surface area contributed by atoms with Gasteiger partial charge in [-0.15, -0.1) is 0 Å². The minimum absolute atomic E-state index is 0.0945. The quantitative estimate of drug-likeness (QED) is 0.402. The largest absolute Gasteiger partial charge is 0.465 e. The fourth-order valence-electron chi connectivity index (χ4n) is 2.92. The molecule has 162 valence electrons. The van der Waals surface area contributed by atoms with E-state index in [2.05, 4.69) is 5.32 Å². The fourth-order valence-corrected chi connectivity index (χ4v) is 2.92. The smallest absolute Gasteiger partial charge is 0.411 e. The molecule has 7 nitrogen and oxygen atoms in total. The predicted molar refractivity (Wildman–Crippen MR) is 109 cm³/mol. The summed E-state index contributed by atoms with van der Waals surface area (Å²) in [6.45, 7) is 1.20. The Morgan fingerprint density at radius 3 is 2.37 bits per heavy atom. The molecular formula is C21H25F2N3O4. The van der Waals surface area contributed by atoms with Crippen LogP contribution in [0.15, 0.2) is 42.5 Å². The van der Waals surface area contributed by atoms with Crippen molar-refractivity contribution < 1.29 is 28.7 Å². The highest BCUT2D eigenvalue weighted by Gasteiger charge is 2.16. The molecule has 2 rings (SSSR count). The Hall–Kier alpha value is -3.04. The van der Waals surface area contributed by atoms with Gasteiger partial charge in [-0.05, 0) is 35.7 Å². The van der Waals surface area contributed by atoms with Crippen LogP contribution in [0, 0.1) is 5.82 Å². The van der Waals surface area contributed by atoms with Crippen LogP contribution in [0.5, 0.6) is 0 Å². The molecule has 30 heavy (non-hydrogen) atoms. The number of carbonyl (C=O) groups excluding carboxylic acids is 1. The minimum Gasteiger partial charge on any atom is -0.465 e. The molecule has 0 fully saturated rings. The highest BCUT2D eigenvalue weighted by Crippen LogP contribution is 2.27. The van der Waals surface area contributed by atoms with Gasteiger partial charge in [0.1, 0.15) is 12.5 Å². The number of alkyl halides is 1. The zero-order valence-corrected chi connectivity index (χ0v) is 16.6. The second-order valence-electron chi connectivity index (χ2n) is 6.71. The Kier molecular flexibility index (Phi) is 8.70. The molecule has 3 N–H and O–H groups in total. The van der Waals surface area contributed by atoms with E-state index in [1.165, 1.54) is 19.1 Å². The maximum atomic E-state index is 14.7. The number of benzene rings is 2. The van der Waals surface area contributed by atoms with Gasteiger partial charge in [0.05, 0.1) is 6.54 Å². The number of halogens is 2. The van der Waals surface area contributed by atoms with E-state index in [9.17, 15) is 28.7 Å². The van der Waals surface area contributed by atoms with Gasteiger partial charge in [0, 0.05) is 37.8 Å². The second-order valence-corrected chi connectivity index (χ2v) is 6.71. The lowest BCUT2D eigenvalue weighted by molar-refractivity contribution is -0.118. The van der Waals surface area contributed by atoms with Crippen LogP contribution in [0.25, 0.3) is 11.1 Å². The molecule has 0 bridgehead atoms. The monoisotopic (exact) mass is 421 g/mol. The van der Waals surface area contributed by atoms with Gasteiger partial charge in [-0.2, -0.15) is 5.06 Å². The van der Waals surface area contributed by atoms with E-state index < -0.39 is 18.6 Å². The van der Waals surface area contributed by atoms with Crippen LogP contribution in [0.1, 0.15) is 18.9 Å². The van der Waals surface area contributed by atoms with Crippen LogP contribution in [0.2, 0.25) is 0 Å². The summed E-state index contributed by atoms with van der Waals surface area (Å²) in [5, 5.41) is 22.4. The Morgan fingerprint density at radius 1 is 1.10 bits per heavy atom. The summed E-state index contributed by atoms with van der Waals surface area (Å²) < 4.78 is 26.9. The van der Waals surface area contributed by atoms with E-state index in [-0.39, 0.29) is 31.2 Å². The highest BCUT2D eigenvalue weighted by atomic mass is 19.1. The minimum atomic E-state index is -1.21. The summed E-state index contributed by atoms with van der Waals surface area (Å²) in [5.74, 6) is -0.776. The molecule has 0 heterocycles. The van der Waals surface area contributed by atoms with E-state index in [0.717, 1.165) is 21.6 Å². The number of carboxylic acid groups (broad SMARTS) is 1. The van der Waals surface area contributed by atoms with Gasteiger partial charge in [-0.25, -0.2) is 13.6 Å². The van der Waals surface area contributed by atoms with Crippen molar-refractivity contribution in [1.82, 2.24) is 10.4 Å². The number of carbonyl (C=O) groups is 2. The number of hydrogen-bond acceptors (Lipinski definition) is 4. The lowest BCUT2D eigenvalue weighted by Crippen LogP contribution is -2.33. The molecule has 0 atom stereocenters. The van der Waals surface area contributed by atoms with Crippen molar-refractivity contribution in [1.29, 1.82) is 0 Å². The number of hydroxylamine groups is 2. The van der Waals surface area contributed by atoms with Crippen LogP contribution < -0.4 is 10.2 Å². The number of nitrogens with one attached hydrogen (secondary N) is 1. The molecule has 0 radical (unpaired) electrons. The van der Waals surface area contributed by atoms with Gasteiger partial charge in [0.2, 0.25) is 5.91 Å². The van der Waals surface area contributed by atoms with Gasteiger partial charge in [-0.1, -0.05) is 24.3 Å². The number of rotatable bonds is 10. The van der Waals surface area contributed by atoms with Crippen LogP contribution in [-0.4, -0.2) is 53.7 Å². The topological polar surface area (TPSA) is 93.1 Å².